The van der Waals surface area contributed by atoms with Gasteiger partial charge in [-0.15, -0.1) is 30.0 Å². The molecule has 9 aromatic rings. The van der Waals surface area contributed by atoms with Gasteiger partial charge in [-0.1, -0.05) is 95.1 Å². The maximum Gasteiger partial charge on any atom is 0.115 e. The van der Waals surface area contributed by atoms with Crippen LogP contribution in [0.15, 0.2) is 158 Å². The predicted octanol–water partition coefficient (Wildman–Crippen LogP) is 11.3. The normalized spacial score (nSPS) is 11.3. The molecule has 2 aromatic heterocycles. The molecule has 9 rings (SSSR count). The molecule has 54 heavy (non-hydrogen) atoms. The van der Waals surface area contributed by atoms with Crippen molar-refractivity contribution in [1.29, 1.82) is 0 Å². The van der Waals surface area contributed by atoms with E-state index in [4.69, 9.17) is 20.4 Å². The van der Waals surface area contributed by atoms with E-state index in [1.807, 2.05) is 48.5 Å². The molecule has 0 amide bonds. The van der Waals surface area contributed by atoms with Crippen molar-refractivity contribution in [2.45, 2.75) is 27.7 Å². The first kappa shape index (κ1) is 32.8. The van der Waals surface area contributed by atoms with E-state index in [-0.39, 0.29) is 0 Å². The highest BCUT2D eigenvalue weighted by molar-refractivity contribution is 5.94. The molecular weight excluding hydrogens is 665 g/mol. The van der Waals surface area contributed by atoms with Gasteiger partial charge in [0.2, 0.25) is 0 Å². The van der Waals surface area contributed by atoms with Crippen LogP contribution in [-0.2, 0) is 0 Å². The van der Waals surface area contributed by atoms with E-state index in [1.54, 1.807) is 9.59 Å². The second-order valence-corrected chi connectivity index (χ2v) is 13.8. The van der Waals surface area contributed by atoms with Crippen molar-refractivity contribution in [3.63, 3.8) is 0 Å². The Balaban J connectivity index is 1.42. The fraction of sp³-hybridized carbons (Fsp3) is 0.0870. The van der Waals surface area contributed by atoms with Crippen LogP contribution < -0.4 is 9.80 Å². The van der Waals surface area contributed by atoms with Gasteiger partial charge in [-0.25, -0.2) is 0 Å². The lowest BCUT2D eigenvalue weighted by atomic mass is 10.1. The highest BCUT2D eigenvalue weighted by Crippen LogP contribution is 2.48. The Morgan fingerprint density at radius 2 is 0.574 bits per heavy atom. The summed E-state index contributed by atoms with van der Waals surface area (Å²) in [6.07, 6.45) is 0. The van der Waals surface area contributed by atoms with Crippen molar-refractivity contribution >= 4 is 56.2 Å². The number of rotatable bonds is 8. The van der Waals surface area contributed by atoms with Crippen LogP contribution in [0, 0.1) is 27.7 Å². The lowest BCUT2D eigenvalue weighted by Gasteiger charge is -2.34. The van der Waals surface area contributed by atoms with E-state index < -0.39 is 0 Å². The lowest BCUT2D eigenvalue weighted by molar-refractivity contribution is 0.717. The Morgan fingerprint density at radius 1 is 0.333 bits per heavy atom. The lowest BCUT2D eigenvalue weighted by Crippen LogP contribution is -2.19. The SMILES string of the molecule is Cc1ccc(N(c2ccc(C)cc2)c2cc(-n3nc4ccccc4n3)c(-n3nc4ccccc4n3)cc2N(c2ccc(C)cc2)c2ccc(C)cc2)cc1. The predicted molar refractivity (Wildman–Crippen MR) is 220 cm³/mol. The number of nitrogens with zero attached hydrogens (tertiary/aromatic N) is 8. The zero-order valence-electron chi connectivity index (χ0n) is 30.6. The van der Waals surface area contributed by atoms with Crippen molar-refractivity contribution in [2.75, 3.05) is 9.80 Å². The van der Waals surface area contributed by atoms with Crippen LogP contribution >= 0.6 is 0 Å². The molecule has 0 atom stereocenters. The first-order valence-corrected chi connectivity index (χ1v) is 18.1. The summed E-state index contributed by atoms with van der Waals surface area (Å²) in [5, 5.41) is 20.0. The molecule has 0 bridgehead atoms. The van der Waals surface area contributed by atoms with Crippen LogP contribution in [0.25, 0.3) is 33.4 Å². The van der Waals surface area contributed by atoms with Gasteiger partial charge < -0.3 is 9.80 Å². The Kier molecular flexibility index (Phi) is 8.20. The molecule has 0 spiro atoms. The molecule has 0 fully saturated rings. The smallest absolute Gasteiger partial charge is 0.115 e. The molecule has 2 heterocycles. The zero-order chi connectivity index (χ0) is 36.8. The molecule has 8 nitrogen and oxygen atoms in total. The van der Waals surface area contributed by atoms with Crippen molar-refractivity contribution in [2.24, 2.45) is 0 Å². The first-order valence-electron chi connectivity index (χ1n) is 18.1. The standard InChI is InChI=1S/C46H38N8/c1-31-13-21-35(22-14-31)51(36-23-15-32(2)16-24-36)43-29-45(53-47-39-9-5-6-10-40(39)48-53)46(54-49-41-11-7-8-12-42(41)50-54)30-44(43)52(37-25-17-33(3)18-26-37)38-27-19-34(4)20-28-38/h5-30H,1-4H3. The summed E-state index contributed by atoms with van der Waals surface area (Å²) in [6.45, 7) is 8.46. The molecule has 0 radical (unpaired) electrons. The van der Waals surface area contributed by atoms with Gasteiger partial charge in [0.15, 0.2) is 0 Å². The van der Waals surface area contributed by atoms with Crippen molar-refractivity contribution in [3.05, 3.63) is 180 Å². The number of hydrogen-bond acceptors (Lipinski definition) is 6. The number of anilines is 6. The fourth-order valence-corrected chi connectivity index (χ4v) is 6.80. The van der Waals surface area contributed by atoms with Crippen LogP contribution in [0.3, 0.4) is 0 Å². The number of hydrogen-bond donors (Lipinski definition) is 0. The van der Waals surface area contributed by atoms with Crippen LogP contribution in [-0.4, -0.2) is 30.0 Å². The number of benzene rings is 7. The summed E-state index contributed by atoms with van der Waals surface area (Å²) in [5.74, 6) is 0. The third-order valence-electron chi connectivity index (χ3n) is 9.73. The molecule has 0 saturated carbocycles. The third-order valence-corrected chi connectivity index (χ3v) is 9.73. The minimum Gasteiger partial charge on any atom is -0.308 e. The molecule has 7 aromatic carbocycles. The third kappa shape index (κ3) is 6.13. The Labute approximate surface area is 314 Å². The van der Waals surface area contributed by atoms with E-state index in [0.29, 0.717) is 0 Å². The Morgan fingerprint density at radius 3 is 0.815 bits per heavy atom. The highest BCUT2D eigenvalue weighted by atomic mass is 15.5. The Bertz CT molecular complexity index is 2400. The molecule has 0 aliphatic heterocycles. The Hall–Kier alpha value is -7.06. The average molecular weight is 703 g/mol. The summed E-state index contributed by atoms with van der Waals surface area (Å²) in [6, 6.07) is 54.9. The van der Waals surface area contributed by atoms with Crippen LogP contribution in [0.1, 0.15) is 22.3 Å². The van der Waals surface area contributed by atoms with Gasteiger partial charge in [0, 0.05) is 22.7 Å². The quantitative estimate of drug-likeness (QED) is 0.157. The van der Waals surface area contributed by atoms with Gasteiger partial charge in [-0.3, -0.25) is 0 Å². The minimum absolute atomic E-state index is 0.724. The fourth-order valence-electron chi connectivity index (χ4n) is 6.80. The second kappa shape index (κ2) is 13.5. The number of aromatic nitrogens is 6. The van der Waals surface area contributed by atoms with Gasteiger partial charge in [0.25, 0.3) is 0 Å². The van der Waals surface area contributed by atoms with Crippen molar-refractivity contribution in [3.8, 4) is 11.4 Å². The molecule has 8 heteroatoms. The number of fused-ring (bicyclic) bond motifs is 2. The van der Waals surface area contributed by atoms with Gasteiger partial charge >= 0.3 is 0 Å². The van der Waals surface area contributed by atoms with Crippen molar-refractivity contribution in [1.82, 2.24) is 30.0 Å². The molecular formula is C46H38N8. The summed E-state index contributed by atoms with van der Waals surface area (Å²) in [5.41, 5.74) is 15.2. The van der Waals surface area contributed by atoms with Gasteiger partial charge in [0.05, 0.1) is 11.4 Å². The minimum atomic E-state index is 0.724. The summed E-state index contributed by atoms with van der Waals surface area (Å²) >= 11 is 0. The molecule has 262 valence electrons. The molecule has 0 saturated heterocycles. The maximum atomic E-state index is 5.01. The largest absolute Gasteiger partial charge is 0.308 e. The topological polar surface area (TPSA) is 67.9 Å². The molecule has 0 aliphatic rings. The summed E-state index contributed by atoms with van der Waals surface area (Å²) < 4.78 is 0. The maximum absolute atomic E-state index is 5.01. The van der Waals surface area contributed by atoms with E-state index in [0.717, 1.165) is 67.6 Å². The molecule has 0 aliphatic carbocycles. The van der Waals surface area contributed by atoms with Gasteiger partial charge in [0.1, 0.15) is 33.4 Å². The van der Waals surface area contributed by atoms with Crippen LogP contribution in [0.5, 0.6) is 0 Å². The highest BCUT2D eigenvalue weighted by Gasteiger charge is 2.27. The monoisotopic (exact) mass is 702 g/mol. The molecule has 0 N–H and O–H groups in total. The van der Waals surface area contributed by atoms with E-state index in [1.165, 1.54) is 22.3 Å². The molecule has 0 unspecified atom stereocenters. The van der Waals surface area contributed by atoms with Crippen LogP contribution in [0.4, 0.5) is 34.1 Å². The van der Waals surface area contributed by atoms with E-state index in [9.17, 15) is 0 Å². The van der Waals surface area contributed by atoms with Crippen LogP contribution in [0.2, 0.25) is 0 Å². The summed E-state index contributed by atoms with van der Waals surface area (Å²) in [7, 11) is 0. The van der Waals surface area contributed by atoms with Gasteiger partial charge in [-0.2, -0.15) is 0 Å². The summed E-state index contributed by atoms with van der Waals surface area (Å²) in [4.78, 5) is 8.05. The first-order chi connectivity index (χ1) is 26.4. The van der Waals surface area contributed by atoms with E-state index in [2.05, 4.69) is 147 Å². The van der Waals surface area contributed by atoms with Gasteiger partial charge in [-0.05, 0) is 113 Å². The van der Waals surface area contributed by atoms with E-state index >= 15 is 0 Å². The number of aryl methyl sites for hydroxylation is 4. The second-order valence-electron chi connectivity index (χ2n) is 13.8. The average Bonchev–Trinajstić information content (AvgIpc) is 3.83. The zero-order valence-corrected chi connectivity index (χ0v) is 30.6. The van der Waals surface area contributed by atoms with Crippen molar-refractivity contribution < 1.29 is 0 Å².